The molecule has 7 nitrogen and oxygen atoms in total. The van der Waals surface area contributed by atoms with E-state index >= 15 is 0 Å². The number of rotatable bonds is 5. The highest BCUT2D eigenvalue weighted by atomic mass is 32.2. The van der Waals surface area contributed by atoms with Crippen LogP contribution in [0.1, 0.15) is 31.9 Å². The first-order valence-electron chi connectivity index (χ1n) is 9.95. The number of fused-ring (bicyclic) bond motifs is 1. The molecule has 0 spiro atoms. The summed E-state index contributed by atoms with van der Waals surface area (Å²) >= 11 is 1.78. The molecule has 1 amide bonds. The number of hydrogen-bond acceptors (Lipinski definition) is 7. The first-order valence-corrected chi connectivity index (χ1v) is 10.7. The Bertz CT molecular complexity index is 879. The van der Waals surface area contributed by atoms with Crippen molar-refractivity contribution in [3.8, 4) is 5.75 Å². The monoisotopic (exact) mass is 413 g/mol. The standard InChI is InChI=1S/C21H27N5O2S/c1-15(27)24-21(2,3)17-13-22-20(23-14-17)25-7-9-26(10-8-25)29-18-5-4-16-6-11-28-19(16)12-18/h4-5,12-14H,6-11H2,1-3H3,(H,24,27). The minimum atomic E-state index is -0.487. The van der Waals surface area contributed by atoms with Crippen LogP contribution in [0.25, 0.3) is 0 Å². The number of piperazine rings is 1. The average molecular weight is 414 g/mol. The van der Waals surface area contributed by atoms with Gasteiger partial charge in [0.25, 0.3) is 0 Å². The number of amides is 1. The number of nitrogens with one attached hydrogen (secondary N) is 1. The molecule has 3 heterocycles. The van der Waals surface area contributed by atoms with E-state index in [1.165, 1.54) is 17.4 Å². The van der Waals surface area contributed by atoms with E-state index in [0.717, 1.165) is 56.5 Å². The fraction of sp³-hybridized carbons (Fsp3) is 0.476. The number of carbonyl (C=O) groups excluding carboxylic acids is 1. The zero-order chi connectivity index (χ0) is 20.4. The summed E-state index contributed by atoms with van der Waals surface area (Å²) in [6.07, 6.45) is 4.63. The molecule has 29 heavy (non-hydrogen) atoms. The summed E-state index contributed by atoms with van der Waals surface area (Å²) in [6.45, 7) is 9.84. The number of hydrogen-bond donors (Lipinski definition) is 1. The highest BCUT2D eigenvalue weighted by Crippen LogP contribution is 2.32. The number of carbonyl (C=O) groups is 1. The number of ether oxygens (including phenoxy) is 1. The fourth-order valence-electron chi connectivity index (χ4n) is 3.65. The van der Waals surface area contributed by atoms with Gasteiger partial charge in [-0.15, -0.1) is 0 Å². The Morgan fingerprint density at radius 1 is 1.17 bits per heavy atom. The second kappa shape index (κ2) is 8.20. The minimum Gasteiger partial charge on any atom is -0.493 e. The molecular weight excluding hydrogens is 386 g/mol. The fourth-order valence-corrected chi connectivity index (χ4v) is 4.58. The number of benzene rings is 1. The predicted molar refractivity (Wildman–Crippen MR) is 114 cm³/mol. The van der Waals surface area contributed by atoms with Gasteiger partial charge in [-0.05, 0) is 43.5 Å². The van der Waals surface area contributed by atoms with Gasteiger partial charge in [-0.1, -0.05) is 6.07 Å². The van der Waals surface area contributed by atoms with E-state index in [0.29, 0.717) is 0 Å². The molecule has 1 fully saturated rings. The summed E-state index contributed by atoms with van der Waals surface area (Å²) in [5.41, 5.74) is 1.71. The molecule has 2 aliphatic rings. The molecule has 2 aromatic rings. The van der Waals surface area contributed by atoms with Gasteiger partial charge in [-0.3, -0.25) is 4.79 Å². The van der Waals surface area contributed by atoms with E-state index in [9.17, 15) is 4.79 Å². The van der Waals surface area contributed by atoms with Gasteiger partial charge < -0.3 is 15.0 Å². The highest BCUT2D eigenvalue weighted by molar-refractivity contribution is 7.97. The molecule has 154 valence electrons. The Hall–Kier alpha value is -2.32. The Kier molecular flexibility index (Phi) is 5.65. The summed E-state index contributed by atoms with van der Waals surface area (Å²) < 4.78 is 8.05. The van der Waals surface area contributed by atoms with Gasteiger partial charge in [0.1, 0.15) is 5.75 Å². The third-order valence-electron chi connectivity index (χ3n) is 5.27. The van der Waals surface area contributed by atoms with E-state index in [4.69, 9.17) is 4.74 Å². The lowest BCUT2D eigenvalue weighted by atomic mass is 9.97. The van der Waals surface area contributed by atoms with Crippen molar-refractivity contribution in [2.45, 2.75) is 37.6 Å². The second-order valence-electron chi connectivity index (χ2n) is 7.95. The number of nitrogens with zero attached hydrogens (tertiary/aromatic N) is 4. The smallest absolute Gasteiger partial charge is 0.225 e. The van der Waals surface area contributed by atoms with Crippen molar-refractivity contribution in [1.82, 2.24) is 19.6 Å². The van der Waals surface area contributed by atoms with Gasteiger partial charge in [-0.25, -0.2) is 14.3 Å². The van der Waals surface area contributed by atoms with Gasteiger partial charge in [0.2, 0.25) is 11.9 Å². The molecule has 8 heteroatoms. The molecule has 0 aliphatic carbocycles. The predicted octanol–water partition coefficient (Wildman–Crippen LogP) is 2.61. The lowest BCUT2D eigenvalue weighted by Crippen LogP contribution is -2.44. The van der Waals surface area contributed by atoms with Crippen molar-refractivity contribution in [1.29, 1.82) is 0 Å². The highest BCUT2D eigenvalue weighted by Gasteiger charge is 2.24. The lowest BCUT2D eigenvalue weighted by Gasteiger charge is -2.34. The second-order valence-corrected chi connectivity index (χ2v) is 9.12. The molecule has 1 aromatic heterocycles. The van der Waals surface area contributed by atoms with E-state index in [-0.39, 0.29) is 5.91 Å². The molecule has 0 unspecified atom stereocenters. The van der Waals surface area contributed by atoms with Gasteiger partial charge in [0.15, 0.2) is 0 Å². The van der Waals surface area contributed by atoms with Crippen LogP contribution in [0.2, 0.25) is 0 Å². The van der Waals surface area contributed by atoms with Crippen molar-refractivity contribution in [2.75, 3.05) is 37.7 Å². The van der Waals surface area contributed by atoms with Crippen molar-refractivity contribution < 1.29 is 9.53 Å². The zero-order valence-corrected chi connectivity index (χ0v) is 18.0. The maximum absolute atomic E-state index is 11.4. The van der Waals surface area contributed by atoms with Crippen molar-refractivity contribution >= 4 is 23.8 Å². The maximum Gasteiger partial charge on any atom is 0.225 e. The summed E-state index contributed by atoms with van der Waals surface area (Å²) in [6, 6.07) is 6.51. The quantitative estimate of drug-likeness (QED) is 0.756. The molecule has 0 saturated carbocycles. The molecule has 0 bridgehead atoms. The average Bonchev–Trinajstić information content (AvgIpc) is 3.16. The Balaban J connectivity index is 1.33. The van der Waals surface area contributed by atoms with Gasteiger partial charge in [-0.2, -0.15) is 0 Å². The van der Waals surface area contributed by atoms with Crippen LogP contribution in [-0.4, -0.2) is 53.0 Å². The maximum atomic E-state index is 11.4. The summed E-state index contributed by atoms with van der Waals surface area (Å²) in [7, 11) is 0. The van der Waals surface area contributed by atoms with E-state index < -0.39 is 5.54 Å². The molecule has 1 N–H and O–H groups in total. The van der Waals surface area contributed by atoms with Crippen molar-refractivity contribution in [3.05, 3.63) is 41.7 Å². The van der Waals surface area contributed by atoms with Crippen LogP contribution in [0.4, 0.5) is 5.95 Å². The van der Waals surface area contributed by atoms with Gasteiger partial charge >= 0.3 is 0 Å². The van der Waals surface area contributed by atoms with Crippen LogP contribution in [0.3, 0.4) is 0 Å². The summed E-state index contributed by atoms with van der Waals surface area (Å²) in [4.78, 5) is 23.9. The Morgan fingerprint density at radius 2 is 1.90 bits per heavy atom. The molecular formula is C21H27N5O2S. The van der Waals surface area contributed by atoms with Crippen LogP contribution >= 0.6 is 11.9 Å². The van der Waals surface area contributed by atoms with Gasteiger partial charge in [0.05, 0.1) is 12.1 Å². The lowest BCUT2D eigenvalue weighted by molar-refractivity contribution is -0.120. The summed E-state index contributed by atoms with van der Waals surface area (Å²) in [5, 5.41) is 2.93. The molecule has 4 rings (SSSR count). The van der Waals surface area contributed by atoms with Crippen LogP contribution < -0.4 is 15.0 Å². The van der Waals surface area contributed by atoms with Crippen molar-refractivity contribution in [2.24, 2.45) is 0 Å². The van der Waals surface area contributed by atoms with E-state index in [2.05, 4.69) is 42.7 Å². The van der Waals surface area contributed by atoms with Crippen LogP contribution in [0, 0.1) is 0 Å². The third kappa shape index (κ3) is 4.64. The van der Waals surface area contributed by atoms with E-state index in [1.54, 1.807) is 11.9 Å². The Morgan fingerprint density at radius 3 is 2.59 bits per heavy atom. The van der Waals surface area contributed by atoms with Crippen LogP contribution in [-0.2, 0) is 16.8 Å². The normalized spacial score (nSPS) is 17.0. The minimum absolute atomic E-state index is 0.0670. The molecule has 0 radical (unpaired) electrons. The number of aromatic nitrogens is 2. The van der Waals surface area contributed by atoms with Crippen LogP contribution in [0.15, 0.2) is 35.5 Å². The van der Waals surface area contributed by atoms with Crippen LogP contribution in [0.5, 0.6) is 5.75 Å². The molecule has 2 aliphatic heterocycles. The van der Waals surface area contributed by atoms with Crippen molar-refractivity contribution in [3.63, 3.8) is 0 Å². The third-order valence-corrected chi connectivity index (χ3v) is 6.36. The zero-order valence-electron chi connectivity index (χ0n) is 17.1. The SMILES string of the molecule is CC(=O)NC(C)(C)c1cnc(N2CCN(Sc3ccc4c(c3)OCC4)CC2)nc1. The Labute approximate surface area is 176 Å². The topological polar surface area (TPSA) is 70.6 Å². The molecule has 1 saturated heterocycles. The van der Waals surface area contributed by atoms with E-state index in [1.807, 2.05) is 26.2 Å². The largest absolute Gasteiger partial charge is 0.493 e. The molecule has 0 atom stereocenters. The van der Waals surface area contributed by atoms with Gasteiger partial charge in [0, 0.05) is 62.4 Å². The number of anilines is 1. The first-order chi connectivity index (χ1) is 13.9. The molecule has 1 aromatic carbocycles. The summed E-state index contributed by atoms with van der Waals surface area (Å²) in [5.74, 6) is 1.70. The first kappa shape index (κ1) is 20.0.